The number of carbonyl (C=O) groups excluding carboxylic acids is 1. The van der Waals surface area contributed by atoms with Gasteiger partial charge in [-0.05, 0) is 49.1 Å². The molecular formula is C19H22O2S. The third-order valence-corrected chi connectivity index (χ3v) is 4.53. The molecule has 22 heavy (non-hydrogen) atoms. The van der Waals surface area contributed by atoms with Crippen LogP contribution in [0.2, 0.25) is 0 Å². The minimum absolute atomic E-state index is 0.0929. The first-order chi connectivity index (χ1) is 10.5. The number of aryl methyl sites for hydroxylation is 3. The number of ether oxygens (including phenoxy) is 1. The summed E-state index contributed by atoms with van der Waals surface area (Å²) < 4.78 is 6.00. The van der Waals surface area contributed by atoms with Crippen molar-refractivity contribution in [3.63, 3.8) is 0 Å². The Balaban J connectivity index is 2.19. The quantitative estimate of drug-likeness (QED) is 0.720. The molecule has 2 aromatic carbocycles. The number of thioether (sulfide) groups is 1. The van der Waals surface area contributed by atoms with Crippen molar-refractivity contribution < 1.29 is 9.53 Å². The van der Waals surface area contributed by atoms with Crippen molar-refractivity contribution in [3.8, 4) is 5.75 Å². The summed E-state index contributed by atoms with van der Waals surface area (Å²) in [6, 6.07) is 12.3. The lowest BCUT2D eigenvalue weighted by Gasteiger charge is -2.14. The van der Waals surface area contributed by atoms with Gasteiger partial charge in [0.2, 0.25) is 0 Å². The first kappa shape index (κ1) is 16.6. The molecule has 0 spiro atoms. The first-order valence-corrected chi connectivity index (χ1v) is 8.32. The maximum Gasteiger partial charge on any atom is 0.190 e. The van der Waals surface area contributed by atoms with Crippen molar-refractivity contribution in [2.45, 2.75) is 45.6 Å². The fraction of sp³-hybridized carbons (Fsp3) is 0.316. The molecule has 0 aliphatic heterocycles. The van der Waals surface area contributed by atoms with Crippen LogP contribution in [-0.4, -0.2) is 5.12 Å². The van der Waals surface area contributed by atoms with Crippen molar-refractivity contribution in [2.75, 3.05) is 0 Å². The van der Waals surface area contributed by atoms with Crippen LogP contribution in [0.1, 0.15) is 36.1 Å². The van der Waals surface area contributed by atoms with Crippen molar-refractivity contribution in [3.05, 3.63) is 58.7 Å². The molecule has 0 aliphatic rings. The highest BCUT2D eigenvalue weighted by Crippen LogP contribution is 2.28. The molecule has 116 valence electrons. The smallest absolute Gasteiger partial charge is 0.190 e. The van der Waals surface area contributed by atoms with Gasteiger partial charge < -0.3 is 4.74 Å². The van der Waals surface area contributed by atoms with E-state index in [0.29, 0.717) is 6.61 Å². The summed E-state index contributed by atoms with van der Waals surface area (Å²) in [4.78, 5) is 12.4. The molecule has 0 amide bonds. The molecule has 0 aliphatic carbocycles. The van der Waals surface area contributed by atoms with Gasteiger partial charge in [-0.3, -0.25) is 4.79 Å². The maximum atomic E-state index is 11.4. The molecular weight excluding hydrogens is 292 g/mol. The lowest BCUT2D eigenvalue weighted by atomic mass is 10.1. The van der Waals surface area contributed by atoms with E-state index in [1.165, 1.54) is 17.3 Å². The second-order valence-corrected chi connectivity index (χ2v) is 6.61. The van der Waals surface area contributed by atoms with Crippen LogP contribution >= 0.6 is 11.8 Å². The molecule has 2 nitrogen and oxygen atoms in total. The second-order valence-electron chi connectivity index (χ2n) is 5.39. The summed E-state index contributed by atoms with van der Waals surface area (Å²) in [6.45, 7) is 8.33. The van der Waals surface area contributed by atoms with E-state index in [4.69, 9.17) is 4.74 Å². The van der Waals surface area contributed by atoms with Gasteiger partial charge in [0.25, 0.3) is 0 Å². The van der Waals surface area contributed by atoms with Crippen LogP contribution in [-0.2, 0) is 17.8 Å². The Labute approximate surface area is 136 Å². The molecule has 0 N–H and O–H groups in total. The zero-order chi connectivity index (χ0) is 16.1. The Morgan fingerprint density at radius 1 is 1.14 bits per heavy atom. The number of hydrogen-bond donors (Lipinski definition) is 0. The number of hydrogen-bond acceptors (Lipinski definition) is 3. The monoisotopic (exact) mass is 314 g/mol. The van der Waals surface area contributed by atoms with Crippen molar-refractivity contribution in [1.29, 1.82) is 0 Å². The van der Waals surface area contributed by atoms with Gasteiger partial charge in [-0.2, -0.15) is 0 Å². The summed E-state index contributed by atoms with van der Waals surface area (Å²) in [5.41, 5.74) is 4.69. The Morgan fingerprint density at radius 3 is 2.55 bits per heavy atom. The van der Waals surface area contributed by atoms with Crippen LogP contribution in [0.25, 0.3) is 0 Å². The Bertz CT molecular complexity index is 677. The van der Waals surface area contributed by atoms with Crippen LogP contribution in [0.15, 0.2) is 41.3 Å². The Hall–Kier alpha value is -1.74. The Morgan fingerprint density at radius 2 is 1.91 bits per heavy atom. The van der Waals surface area contributed by atoms with Gasteiger partial charge >= 0.3 is 0 Å². The van der Waals surface area contributed by atoms with Crippen LogP contribution < -0.4 is 4.74 Å². The number of carbonyl (C=O) groups is 1. The predicted octanol–water partition coefficient (Wildman–Crippen LogP) is 5.08. The predicted molar refractivity (Wildman–Crippen MR) is 92.6 cm³/mol. The van der Waals surface area contributed by atoms with Crippen LogP contribution in [0, 0.1) is 13.8 Å². The summed E-state index contributed by atoms with van der Waals surface area (Å²) in [6.07, 6.45) is 1.03. The van der Waals surface area contributed by atoms with Crippen LogP contribution in [0.5, 0.6) is 5.75 Å². The van der Waals surface area contributed by atoms with Gasteiger partial charge in [-0.1, -0.05) is 43.0 Å². The third-order valence-electron chi connectivity index (χ3n) is 3.64. The summed E-state index contributed by atoms with van der Waals surface area (Å²) in [7, 11) is 0. The number of rotatable bonds is 5. The molecule has 0 saturated carbocycles. The molecule has 0 aromatic heterocycles. The highest BCUT2D eigenvalue weighted by atomic mass is 32.2. The van der Waals surface area contributed by atoms with Gasteiger partial charge in [0, 0.05) is 17.4 Å². The van der Waals surface area contributed by atoms with E-state index < -0.39 is 0 Å². The van der Waals surface area contributed by atoms with E-state index in [9.17, 15) is 4.79 Å². The highest BCUT2D eigenvalue weighted by molar-refractivity contribution is 8.13. The summed E-state index contributed by atoms with van der Waals surface area (Å²) >= 11 is 1.27. The van der Waals surface area contributed by atoms with Crippen LogP contribution in [0.3, 0.4) is 0 Å². The summed E-state index contributed by atoms with van der Waals surface area (Å²) in [5.74, 6) is 0.902. The van der Waals surface area contributed by atoms with Gasteiger partial charge in [0.1, 0.15) is 12.4 Å². The van der Waals surface area contributed by atoms with E-state index in [1.807, 2.05) is 18.2 Å². The van der Waals surface area contributed by atoms with E-state index >= 15 is 0 Å². The van der Waals surface area contributed by atoms with Gasteiger partial charge in [0.05, 0.1) is 0 Å². The largest absolute Gasteiger partial charge is 0.489 e. The van der Waals surface area contributed by atoms with Crippen molar-refractivity contribution >= 4 is 16.9 Å². The SMILES string of the molecule is CCc1ccc(OCc2c(C)cccc2SC(C)=O)c(C)c1. The van der Waals surface area contributed by atoms with E-state index in [0.717, 1.165) is 33.8 Å². The van der Waals surface area contributed by atoms with Gasteiger partial charge in [-0.15, -0.1) is 0 Å². The summed E-state index contributed by atoms with van der Waals surface area (Å²) in [5, 5.41) is 0.0929. The standard InChI is InChI=1S/C19H22O2S/c1-5-16-9-10-18(14(3)11-16)21-12-17-13(2)7-6-8-19(17)22-15(4)20/h6-11H,5,12H2,1-4H3. The molecule has 0 radical (unpaired) electrons. The van der Waals surface area contributed by atoms with Gasteiger partial charge in [-0.25, -0.2) is 0 Å². The molecule has 2 aromatic rings. The normalized spacial score (nSPS) is 10.5. The number of benzene rings is 2. The average Bonchev–Trinajstić information content (AvgIpc) is 2.47. The fourth-order valence-electron chi connectivity index (χ4n) is 2.35. The molecule has 2 rings (SSSR count). The molecule has 0 bridgehead atoms. The van der Waals surface area contributed by atoms with Gasteiger partial charge in [0.15, 0.2) is 5.12 Å². The molecule has 3 heteroatoms. The van der Waals surface area contributed by atoms with E-state index in [1.54, 1.807) is 6.92 Å². The van der Waals surface area contributed by atoms with Crippen LogP contribution in [0.4, 0.5) is 0 Å². The molecule has 0 heterocycles. The zero-order valence-electron chi connectivity index (χ0n) is 13.6. The average molecular weight is 314 g/mol. The molecule has 0 unspecified atom stereocenters. The lowest BCUT2D eigenvalue weighted by Crippen LogP contribution is -2.02. The molecule has 0 atom stereocenters. The first-order valence-electron chi connectivity index (χ1n) is 7.50. The zero-order valence-corrected chi connectivity index (χ0v) is 14.4. The van der Waals surface area contributed by atoms with E-state index in [2.05, 4.69) is 39.0 Å². The highest BCUT2D eigenvalue weighted by Gasteiger charge is 2.10. The second kappa shape index (κ2) is 7.50. The maximum absolute atomic E-state index is 11.4. The van der Waals surface area contributed by atoms with Crippen molar-refractivity contribution in [2.24, 2.45) is 0 Å². The minimum Gasteiger partial charge on any atom is -0.489 e. The molecule has 0 saturated heterocycles. The Kier molecular flexibility index (Phi) is 5.67. The van der Waals surface area contributed by atoms with Crippen molar-refractivity contribution in [1.82, 2.24) is 0 Å². The minimum atomic E-state index is 0.0929. The topological polar surface area (TPSA) is 26.3 Å². The molecule has 0 fully saturated rings. The lowest BCUT2D eigenvalue weighted by molar-refractivity contribution is -0.109. The fourth-order valence-corrected chi connectivity index (χ4v) is 3.15. The third kappa shape index (κ3) is 4.14. The van der Waals surface area contributed by atoms with E-state index in [-0.39, 0.29) is 5.12 Å².